The Bertz CT molecular complexity index is 874. The van der Waals surface area contributed by atoms with Gasteiger partial charge in [0.2, 0.25) is 0 Å². The fourth-order valence-corrected chi connectivity index (χ4v) is 3.99. The molecule has 1 atom stereocenters. The molecule has 1 aromatic carbocycles. The lowest BCUT2D eigenvalue weighted by Gasteiger charge is -2.16. The lowest BCUT2D eigenvalue weighted by Crippen LogP contribution is -2.09. The number of allylic oxidation sites excluding steroid dienone is 2. The number of rotatable bonds is 10. The molecule has 0 saturated heterocycles. The van der Waals surface area contributed by atoms with Crippen LogP contribution < -0.4 is 0 Å². The van der Waals surface area contributed by atoms with Crippen LogP contribution in [0.25, 0.3) is 16.5 Å². The molecular formula is C24H34N2O2. The number of fused-ring (bicyclic) bond motifs is 1. The fraction of sp³-hybridized carbons (Fsp3) is 0.500. The molecule has 0 radical (unpaired) electrons. The standard InChI is InChI=1S/C24H34N2O2/c1-6-8-9-10-17(3)23-21-12-11-20(18(4)28)15-22(21)26(13-14-27)24(23)19(7-2)16-25-5/h7,11-12,15-17,27H,6,8-10,13-14H2,1-5H3/b19-7+,25-16?. The van der Waals surface area contributed by atoms with Crippen LogP contribution in [0.1, 0.15) is 80.9 Å². The van der Waals surface area contributed by atoms with Gasteiger partial charge < -0.3 is 9.67 Å². The van der Waals surface area contributed by atoms with Gasteiger partial charge in [0.25, 0.3) is 0 Å². The van der Waals surface area contributed by atoms with E-state index in [0.717, 1.165) is 23.2 Å². The van der Waals surface area contributed by atoms with E-state index < -0.39 is 0 Å². The van der Waals surface area contributed by atoms with Crippen molar-refractivity contribution in [1.82, 2.24) is 4.57 Å². The van der Waals surface area contributed by atoms with Crippen LogP contribution in [0.5, 0.6) is 0 Å². The monoisotopic (exact) mass is 382 g/mol. The first kappa shape index (κ1) is 22.1. The zero-order chi connectivity index (χ0) is 20.7. The molecule has 0 bridgehead atoms. The summed E-state index contributed by atoms with van der Waals surface area (Å²) in [5, 5.41) is 10.9. The number of ketones is 1. The molecule has 4 heteroatoms. The first-order valence-electron chi connectivity index (χ1n) is 10.4. The Morgan fingerprint density at radius 3 is 2.64 bits per heavy atom. The Morgan fingerprint density at radius 1 is 1.32 bits per heavy atom. The number of aliphatic hydroxyl groups excluding tert-OH is 1. The molecule has 0 aliphatic carbocycles. The summed E-state index contributed by atoms with van der Waals surface area (Å²) >= 11 is 0. The van der Waals surface area contributed by atoms with E-state index in [1.54, 1.807) is 14.0 Å². The first-order chi connectivity index (χ1) is 13.5. The van der Waals surface area contributed by atoms with E-state index in [9.17, 15) is 9.90 Å². The molecule has 0 aliphatic heterocycles. The van der Waals surface area contributed by atoms with E-state index in [1.165, 1.54) is 30.2 Å². The molecule has 152 valence electrons. The predicted molar refractivity (Wildman–Crippen MR) is 120 cm³/mol. The second-order valence-electron chi connectivity index (χ2n) is 7.45. The van der Waals surface area contributed by atoms with E-state index in [-0.39, 0.29) is 12.4 Å². The first-order valence-corrected chi connectivity index (χ1v) is 10.4. The third kappa shape index (κ3) is 4.61. The summed E-state index contributed by atoms with van der Waals surface area (Å²) < 4.78 is 2.16. The number of hydrogen-bond donors (Lipinski definition) is 1. The van der Waals surface area contributed by atoms with Crippen LogP contribution in [0.15, 0.2) is 29.3 Å². The van der Waals surface area contributed by atoms with Gasteiger partial charge in [-0.1, -0.05) is 51.3 Å². The van der Waals surface area contributed by atoms with E-state index in [0.29, 0.717) is 18.0 Å². The van der Waals surface area contributed by atoms with Crippen molar-refractivity contribution in [3.05, 3.63) is 41.1 Å². The van der Waals surface area contributed by atoms with Crippen molar-refractivity contribution >= 4 is 28.5 Å². The zero-order valence-electron chi connectivity index (χ0n) is 18.0. The highest BCUT2D eigenvalue weighted by Crippen LogP contribution is 2.38. The maximum Gasteiger partial charge on any atom is 0.159 e. The SMILES string of the molecule is C/C=C(\C=NC)c1c(C(C)CCCCC)c2ccc(C(C)=O)cc2n1CCO. The molecule has 0 saturated carbocycles. The topological polar surface area (TPSA) is 54.6 Å². The number of aromatic nitrogens is 1. The van der Waals surface area contributed by atoms with Crippen molar-refractivity contribution in [3.8, 4) is 0 Å². The molecule has 1 unspecified atom stereocenters. The summed E-state index contributed by atoms with van der Waals surface area (Å²) in [4.78, 5) is 16.2. The molecule has 0 amide bonds. The van der Waals surface area contributed by atoms with Crippen molar-refractivity contribution in [2.45, 2.75) is 65.8 Å². The second kappa shape index (κ2) is 10.4. The quantitative estimate of drug-likeness (QED) is 0.329. The summed E-state index contributed by atoms with van der Waals surface area (Å²) in [5.74, 6) is 0.437. The predicted octanol–water partition coefficient (Wildman–Crippen LogP) is 5.62. The molecular weight excluding hydrogens is 348 g/mol. The normalized spacial score (nSPS) is 13.6. The minimum absolute atomic E-state index is 0.0466. The van der Waals surface area contributed by atoms with Crippen LogP contribution in [0.3, 0.4) is 0 Å². The van der Waals surface area contributed by atoms with Gasteiger partial charge in [-0.3, -0.25) is 9.79 Å². The van der Waals surface area contributed by atoms with E-state index >= 15 is 0 Å². The Hall–Kier alpha value is -2.20. The number of nitrogens with zero attached hydrogens (tertiary/aromatic N) is 2. The number of hydrogen-bond acceptors (Lipinski definition) is 3. The minimum Gasteiger partial charge on any atom is -0.395 e. The van der Waals surface area contributed by atoms with Crippen molar-refractivity contribution in [3.63, 3.8) is 0 Å². The number of carbonyl (C=O) groups is 1. The lowest BCUT2D eigenvalue weighted by molar-refractivity contribution is 0.101. The summed E-state index contributed by atoms with van der Waals surface area (Å²) in [7, 11) is 1.78. The van der Waals surface area contributed by atoms with Gasteiger partial charge in [0.1, 0.15) is 0 Å². The van der Waals surface area contributed by atoms with Crippen molar-refractivity contribution in [2.75, 3.05) is 13.7 Å². The molecule has 2 rings (SSSR count). The Morgan fingerprint density at radius 2 is 2.07 bits per heavy atom. The highest BCUT2D eigenvalue weighted by Gasteiger charge is 2.23. The largest absolute Gasteiger partial charge is 0.395 e. The number of Topliss-reactive ketones (excluding diaryl/α,β-unsaturated/α-hetero) is 1. The highest BCUT2D eigenvalue weighted by atomic mass is 16.3. The maximum absolute atomic E-state index is 12.0. The van der Waals surface area contributed by atoms with Crippen molar-refractivity contribution < 1.29 is 9.90 Å². The van der Waals surface area contributed by atoms with Gasteiger partial charge in [-0.05, 0) is 37.8 Å². The van der Waals surface area contributed by atoms with Gasteiger partial charge >= 0.3 is 0 Å². The number of benzene rings is 1. The molecule has 2 aromatic rings. The Balaban J connectivity index is 2.79. The zero-order valence-corrected chi connectivity index (χ0v) is 18.0. The molecule has 0 aliphatic rings. The molecule has 1 heterocycles. The lowest BCUT2D eigenvalue weighted by atomic mass is 9.90. The molecule has 1 N–H and O–H groups in total. The number of aliphatic imine (C=N–C) groups is 1. The van der Waals surface area contributed by atoms with Crippen LogP contribution in [-0.4, -0.2) is 35.3 Å². The minimum atomic E-state index is 0.0466. The van der Waals surface area contributed by atoms with Crippen LogP contribution in [0, 0.1) is 0 Å². The fourth-order valence-electron chi connectivity index (χ4n) is 3.99. The van der Waals surface area contributed by atoms with Gasteiger partial charge in [-0.25, -0.2) is 0 Å². The molecule has 0 spiro atoms. The molecule has 28 heavy (non-hydrogen) atoms. The summed E-state index contributed by atoms with van der Waals surface area (Å²) in [5.41, 5.74) is 5.17. The van der Waals surface area contributed by atoms with Crippen LogP contribution in [0.4, 0.5) is 0 Å². The summed E-state index contributed by atoms with van der Waals surface area (Å²) in [6.45, 7) is 8.66. The number of carbonyl (C=O) groups excluding carboxylic acids is 1. The van der Waals surface area contributed by atoms with Gasteiger partial charge in [0, 0.05) is 41.8 Å². The van der Waals surface area contributed by atoms with Crippen LogP contribution in [-0.2, 0) is 6.54 Å². The summed E-state index contributed by atoms with van der Waals surface area (Å²) in [6.07, 6.45) is 8.71. The molecule has 4 nitrogen and oxygen atoms in total. The molecule has 0 fully saturated rings. The van der Waals surface area contributed by atoms with Crippen molar-refractivity contribution in [2.24, 2.45) is 4.99 Å². The van der Waals surface area contributed by atoms with E-state index in [1.807, 2.05) is 25.3 Å². The average molecular weight is 383 g/mol. The number of aliphatic hydroxyl groups is 1. The van der Waals surface area contributed by atoms with Gasteiger partial charge in [0.05, 0.1) is 12.3 Å². The van der Waals surface area contributed by atoms with Gasteiger partial charge in [-0.2, -0.15) is 0 Å². The summed E-state index contributed by atoms with van der Waals surface area (Å²) in [6, 6.07) is 5.96. The van der Waals surface area contributed by atoms with E-state index in [2.05, 4.69) is 35.5 Å². The van der Waals surface area contributed by atoms with Gasteiger partial charge in [0.15, 0.2) is 5.78 Å². The van der Waals surface area contributed by atoms with E-state index in [4.69, 9.17) is 0 Å². The maximum atomic E-state index is 12.0. The Kier molecular flexibility index (Phi) is 8.18. The second-order valence-corrected chi connectivity index (χ2v) is 7.45. The van der Waals surface area contributed by atoms with Gasteiger partial charge in [-0.15, -0.1) is 0 Å². The van der Waals surface area contributed by atoms with Crippen molar-refractivity contribution in [1.29, 1.82) is 0 Å². The molecule has 1 aromatic heterocycles. The smallest absolute Gasteiger partial charge is 0.159 e. The average Bonchev–Trinajstić information content (AvgIpc) is 3.00. The highest BCUT2D eigenvalue weighted by molar-refractivity contribution is 6.12. The Labute approximate surface area is 169 Å². The van der Waals surface area contributed by atoms with Crippen LogP contribution >= 0.6 is 0 Å². The third-order valence-electron chi connectivity index (χ3n) is 5.42. The van der Waals surface area contributed by atoms with Crippen LogP contribution in [0.2, 0.25) is 0 Å². The third-order valence-corrected chi connectivity index (χ3v) is 5.42. The number of unbranched alkanes of at least 4 members (excludes halogenated alkanes) is 2.